The first-order valence-corrected chi connectivity index (χ1v) is 13.9. The quantitative estimate of drug-likeness (QED) is 0.349. The molecule has 0 unspecified atom stereocenters. The molecular formula is C26H28ClN5O5S. The van der Waals surface area contributed by atoms with Crippen LogP contribution >= 0.6 is 11.6 Å². The molecule has 2 amide bonds. The van der Waals surface area contributed by atoms with Crippen LogP contribution in [0.5, 0.6) is 5.75 Å². The number of pyridine rings is 2. The Morgan fingerprint density at radius 1 is 1.08 bits per heavy atom. The Morgan fingerprint density at radius 3 is 2.50 bits per heavy atom. The van der Waals surface area contributed by atoms with E-state index in [0.717, 1.165) is 6.26 Å². The van der Waals surface area contributed by atoms with Crippen molar-refractivity contribution in [1.29, 1.82) is 0 Å². The SMILES string of the molecule is CC(C)N=C[C@@H](C)COc1cc(S(C)(=O)=O)ccc1C(=O)Nc1cccnc1C(=O)Nc1ccc(Cl)cn1. The highest BCUT2D eigenvalue weighted by Crippen LogP contribution is 2.26. The van der Waals surface area contributed by atoms with E-state index in [-0.39, 0.29) is 52.0 Å². The molecule has 2 N–H and O–H groups in total. The maximum atomic E-state index is 13.3. The summed E-state index contributed by atoms with van der Waals surface area (Å²) in [6.07, 6.45) is 5.62. The summed E-state index contributed by atoms with van der Waals surface area (Å²) in [6.45, 7) is 5.95. The largest absolute Gasteiger partial charge is 0.492 e. The maximum absolute atomic E-state index is 13.3. The summed E-state index contributed by atoms with van der Waals surface area (Å²) in [5.41, 5.74) is 0.172. The van der Waals surface area contributed by atoms with Crippen molar-refractivity contribution in [3.63, 3.8) is 0 Å². The van der Waals surface area contributed by atoms with Gasteiger partial charge >= 0.3 is 0 Å². The average Bonchev–Trinajstić information content (AvgIpc) is 2.87. The zero-order valence-corrected chi connectivity index (χ0v) is 22.9. The van der Waals surface area contributed by atoms with Gasteiger partial charge in [-0.15, -0.1) is 0 Å². The number of rotatable bonds is 10. The lowest BCUT2D eigenvalue weighted by molar-refractivity contribution is 0.102. The van der Waals surface area contributed by atoms with Gasteiger partial charge in [0.1, 0.15) is 11.6 Å². The highest BCUT2D eigenvalue weighted by molar-refractivity contribution is 7.90. The molecule has 0 saturated carbocycles. The number of nitrogens with one attached hydrogen (secondary N) is 2. The zero-order valence-electron chi connectivity index (χ0n) is 21.3. The van der Waals surface area contributed by atoms with Gasteiger partial charge in [0.2, 0.25) is 0 Å². The first kappa shape index (κ1) is 28.7. The Balaban J connectivity index is 1.86. The standard InChI is InChI=1S/C26H28ClN5O5S/c1-16(2)29-13-17(3)15-37-22-12-19(38(4,35)36)8-9-20(22)25(33)31-21-6-5-11-28-24(21)26(34)32-23-10-7-18(27)14-30-23/h5-14,16-17H,15H2,1-4H3,(H,31,33)(H,30,32,34)/t17-/m1/s1. The summed E-state index contributed by atoms with van der Waals surface area (Å²) in [5.74, 6) is -0.974. The Bertz CT molecular complexity index is 1440. The van der Waals surface area contributed by atoms with Crippen LogP contribution < -0.4 is 15.4 Å². The fourth-order valence-electron chi connectivity index (χ4n) is 3.13. The molecule has 0 aliphatic heterocycles. The van der Waals surface area contributed by atoms with Crippen LogP contribution in [0.4, 0.5) is 11.5 Å². The van der Waals surface area contributed by atoms with Gasteiger partial charge in [0.15, 0.2) is 15.5 Å². The topological polar surface area (TPSA) is 140 Å². The summed E-state index contributed by atoms with van der Waals surface area (Å²) >= 11 is 5.84. The predicted molar refractivity (Wildman–Crippen MR) is 147 cm³/mol. The number of ether oxygens (including phenoxy) is 1. The number of aromatic nitrogens is 2. The van der Waals surface area contributed by atoms with Gasteiger partial charge in [0.25, 0.3) is 11.8 Å². The van der Waals surface area contributed by atoms with Crippen molar-refractivity contribution in [2.24, 2.45) is 10.9 Å². The highest BCUT2D eigenvalue weighted by atomic mass is 35.5. The van der Waals surface area contributed by atoms with E-state index in [9.17, 15) is 18.0 Å². The zero-order chi connectivity index (χ0) is 27.9. The Kier molecular flexibility index (Phi) is 9.54. The molecule has 2 aromatic heterocycles. The van der Waals surface area contributed by atoms with Gasteiger partial charge in [-0.3, -0.25) is 14.6 Å². The molecule has 3 aromatic rings. The van der Waals surface area contributed by atoms with Crippen molar-refractivity contribution >= 4 is 51.0 Å². The molecule has 0 aliphatic carbocycles. The van der Waals surface area contributed by atoms with Gasteiger partial charge in [-0.2, -0.15) is 0 Å². The first-order valence-electron chi connectivity index (χ1n) is 11.6. The van der Waals surface area contributed by atoms with E-state index in [1.807, 2.05) is 20.8 Å². The van der Waals surface area contributed by atoms with Crippen LogP contribution in [0.15, 0.2) is 64.7 Å². The molecule has 1 aromatic carbocycles. The summed E-state index contributed by atoms with van der Waals surface area (Å²) in [5, 5.41) is 5.68. The number of hydrogen-bond donors (Lipinski definition) is 2. The molecule has 0 spiro atoms. The third-order valence-corrected chi connectivity index (χ3v) is 6.34. The van der Waals surface area contributed by atoms with E-state index >= 15 is 0 Å². The number of nitrogens with zero attached hydrogens (tertiary/aromatic N) is 3. The van der Waals surface area contributed by atoms with Crippen LogP contribution in [-0.2, 0) is 9.84 Å². The number of aliphatic imine (C=N–C) groups is 1. The van der Waals surface area contributed by atoms with Crippen LogP contribution in [0.3, 0.4) is 0 Å². The molecule has 1 atom stereocenters. The summed E-state index contributed by atoms with van der Waals surface area (Å²) in [7, 11) is -3.55. The molecule has 10 nitrogen and oxygen atoms in total. The van der Waals surface area contributed by atoms with Gasteiger partial charge in [0.05, 0.1) is 27.8 Å². The normalized spacial score (nSPS) is 12.4. The van der Waals surface area contributed by atoms with Crippen molar-refractivity contribution in [3.8, 4) is 5.75 Å². The van der Waals surface area contributed by atoms with Crippen LogP contribution in [0, 0.1) is 5.92 Å². The second-order valence-electron chi connectivity index (χ2n) is 8.78. The van der Waals surface area contributed by atoms with E-state index in [1.165, 1.54) is 42.7 Å². The smallest absolute Gasteiger partial charge is 0.277 e. The number of benzene rings is 1. The van der Waals surface area contributed by atoms with E-state index in [1.54, 1.807) is 18.3 Å². The molecule has 0 saturated heterocycles. The molecule has 2 heterocycles. The number of anilines is 2. The van der Waals surface area contributed by atoms with Crippen molar-refractivity contribution in [2.45, 2.75) is 31.7 Å². The van der Waals surface area contributed by atoms with Crippen LogP contribution in [0.1, 0.15) is 41.6 Å². The average molecular weight is 558 g/mol. The monoisotopic (exact) mass is 557 g/mol. The second-order valence-corrected chi connectivity index (χ2v) is 11.2. The summed E-state index contributed by atoms with van der Waals surface area (Å²) in [6, 6.07) is 10.3. The predicted octanol–water partition coefficient (Wildman–Crippen LogP) is 4.53. The molecular weight excluding hydrogens is 530 g/mol. The third kappa shape index (κ3) is 8.09. The lowest BCUT2D eigenvalue weighted by Gasteiger charge is -2.15. The van der Waals surface area contributed by atoms with Crippen LogP contribution in [-0.4, -0.2) is 55.3 Å². The molecule has 0 fully saturated rings. The van der Waals surface area contributed by atoms with Gasteiger partial charge in [0, 0.05) is 36.8 Å². The van der Waals surface area contributed by atoms with Gasteiger partial charge < -0.3 is 15.4 Å². The Hall–Kier alpha value is -3.83. The van der Waals surface area contributed by atoms with E-state index in [0.29, 0.717) is 5.02 Å². The lowest BCUT2D eigenvalue weighted by Crippen LogP contribution is -2.21. The first-order chi connectivity index (χ1) is 17.9. The van der Waals surface area contributed by atoms with E-state index in [4.69, 9.17) is 16.3 Å². The van der Waals surface area contributed by atoms with Gasteiger partial charge in [-0.1, -0.05) is 18.5 Å². The molecule has 0 radical (unpaired) electrons. The van der Waals surface area contributed by atoms with Crippen molar-refractivity contribution in [1.82, 2.24) is 9.97 Å². The minimum absolute atomic E-state index is 0.00413. The Labute approximate surface area is 226 Å². The molecule has 0 bridgehead atoms. The van der Waals surface area contributed by atoms with E-state index in [2.05, 4.69) is 25.6 Å². The van der Waals surface area contributed by atoms with E-state index < -0.39 is 21.7 Å². The lowest BCUT2D eigenvalue weighted by atomic mass is 10.1. The minimum Gasteiger partial charge on any atom is -0.492 e. The van der Waals surface area contributed by atoms with Crippen molar-refractivity contribution in [2.75, 3.05) is 23.5 Å². The number of carbonyl (C=O) groups excluding carboxylic acids is 2. The second kappa shape index (κ2) is 12.6. The van der Waals surface area contributed by atoms with Crippen LogP contribution in [0.25, 0.3) is 0 Å². The molecule has 38 heavy (non-hydrogen) atoms. The number of amides is 2. The van der Waals surface area contributed by atoms with Crippen molar-refractivity contribution in [3.05, 3.63) is 71.1 Å². The number of hydrogen-bond acceptors (Lipinski definition) is 8. The fraction of sp³-hybridized carbons (Fsp3) is 0.269. The maximum Gasteiger partial charge on any atom is 0.277 e. The number of carbonyl (C=O) groups is 2. The third-order valence-electron chi connectivity index (χ3n) is 5.01. The van der Waals surface area contributed by atoms with Gasteiger partial charge in [-0.25, -0.2) is 18.4 Å². The Morgan fingerprint density at radius 2 is 1.84 bits per heavy atom. The number of sulfone groups is 1. The molecule has 200 valence electrons. The summed E-state index contributed by atoms with van der Waals surface area (Å²) in [4.78, 5) is 38.6. The van der Waals surface area contributed by atoms with Gasteiger partial charge in [-0.05, 0) is 56.3 Å². The molecule has 0 aliphatic rings. The summed E-state index contributed by atoms with van der Waals surface area (Å²) < 4.78 is 30.1. The molecule has 3 rings (SSSR count). The van der Waals surface area contributed by atoms with Crippen LogP contribution in [0.2, 0.25) is 5.02 Å². The van der Waals surface area contributed by atoms with Crippen molar-refractivity contribution < 1.29 is 22.7 Å². The fourth-order valence-corrected chi connectivity index (χ4v) is 3.87. The molecule has 12 heteroatoms. The number of halogens is 1. The highest BCUT2D eigenvalue weighted by Gasteiger charge is 2.21. The minimum atomic E-state index is -3.55.